The van der Waals surface area contributed by atoms with Gasteiger partial charge in [-0.3, -0.25) is 19.3 Å². The molecule has 2 aliphatic heterocycles. The summed E-state index contributed by atoms with van der Waals surface area (Å²) in [7, 11) is -1.79. The number of halogens is 1. The van der Waals surface area contributed by atoms with Gasteiger partial charge in [-0.2, -0.15) is 0 Å². The number of amides is 1. The molecule has 0 spiro atoms. The highest BCUT2D eigenvalue weighted by Crippen LogP contribution is 2.43. The zero-order valence-corrected chi connectivity index (χ0v) is 28.0. The van der Waals surface area contributed by atoms with Crippen LogP contribution in [0.4, 0.5) is 4.39 Å². The number of benzene rings is 3. The fraction of sp³-hybridized carbons (Fsp3) is 0.400. The number of likely N-dealkylation sites (tertiary alicyclic amines) is 1. The molecule has 0 bridgehead atoms. The topological polar surface area (TPSA) is 148 Å². The molecule has 1 amide bonds. The van der Waals surface area contributed by atoms with Gasteiger partial charge in [0.25, 0.3) is 0 Å². The molecule has 2 heterocycles. The van der Waals surface area contributed by atoms with E-state index >= 15 is 4.39 Å². The van der Waals surface area contributed by atoms with Gasteiger partial charge in [-0.25, -0.2) is 17.5 Å². The van der Waals surface area contributed by atoms with Crippen molar-refractivity contribution in [3.63, 3.8) is 0 Å². The van der Waals surface area contributed by atoms with Crippen molar-refractivity contribution in [1.82, 2.24) is 19.4 Å². The lowest BCUT2D eigenvalue weighted by atomic mass is 9.67. The third-order valence-corrected chi connectivity index (χ3v) is 10.1. The minimum Gasteiger partial charge on any atom is -0.508 e. The van der Waals surface area contributed by atoms with E-state index in [4.69, 9.17) is 0 Å². The number of sulfonamides is 1. The first-order valence-corrected chi connectivity index (χ1v) is 17.7. The number of phenolic OH excluding ortho intramolecular Hbond substituents is 2. The third kappa shape index (κ3) is 7.92. The van der Waals surface area contributed by atoms with Gasteiger partial charge in [0.15, 0.2) is 11.6 Å². The van der Waals surface area contributed by atoms with Crippen molar-refractivity contribution in [2.75, 3.05) is 59.1 Å². The molecule has 0 aliphatic carbocycles. The zero-order valence-electron chi connectivity index (χ0n) is 27.2. The molecular weight excluding hydrogens is 639 g/mol. The number of piperazine rings is 1. The molecule has 256 valence electrons. The van der Waals surface area contributed by atoms with Crippen molar-refractivity contribution in [3.8, 4) is 11.5 Å². The van der Waals surface area contributed by atoms with E-state index in [0.717, 1.165) is 6.26 Å². The maximum absolute atomic E-state index is 15.1. The number of piperidine rings is 1. The Hall–Kier alpha value is -4.17. The first kappa shape index (κ1) is 35.1. The van der Waals surface area contributed by atoms with E-state index in [1.54, 1.807) is 34.9 Å². The summed E-state index contributed by atoms with van der Waals surface area (Å²) < 4.78 is 42.2. The van der Waals surface area contributed by atoms with Crippen molar-refractivity contribution >= 4 is 27.5 Å². The van der Waals surface area contributed by atoms with Crippen LogP contribution in [0.25, 0.3) is 0 Å². The fourth-order valence-corrected chi connectivity index (χ4v) is 7.30. The maximum atomic E-state index is 15.1. The number of nitrogens with one attached hydrogen (secondary N) is 1. The quantitative estimate of drug-likeness (QED) is 0.275. The molecule has 5 rings (SSSR count). The number of ketones is 2. The van der Waals surface area contributed by atoms with Gasteiger partial charge in [-0.15, -0.1) is 0 Å². The van der Waals surface area contributed by atoms with Crippen LogP contribution in [-0.4, -0.2) is 116 Å². The number of hydrogen-bond acceptors (Lipinski definition) is 9. The number of nitrogens with zero attached hydrogens (tertiary/aromatic N) is 3. The van der Waals surface area contributed by atoms with Crippen molar-refractivity contribution < 1.29 is 37.4 Å². The first-order valence-electron chi connectivity index (χ1n) is 15.8. The normalized spacial score (nSPS) is 20.4. The number of likely N-dealkylation sites (N-methyl/N-ethyl adjacent to an activating group) is 1. The predicted molar refractivity (Wildman–Crippen MR) is 178 cm³/mol. The van der Waals surface area contributed by atoms with E-state index in [1.807, 2.05) is 7.05 Å². The minimum atomic E-state index is -3.74. The second kappa shape index (κ2) is 14.5. The summed E-state index contributed by atoms with van der Waals surface area (Å²) in [6.07, 6.45) is 0.992. The molecule has 2 aliphatic rings. The van der Waals surface area contributed by atoms with Gasteiger partial charge in [-0.1, -0.05) is 36.4 Å². The van der Waals surface area contributed by atoms with Gasteiger partial charge in [0, 0.05) is 74.7 Å². The molecule has 0 saturated carbocycles. The van der Waals surface area contributed by atoms with Gasteiger partial charge < -0.3 is 20.0 Å². The van der Waals surface area contributed by atoms with Gasteiger partial charge in [0.2, 0.25) is 15.9 Å². The summed E-state index contributed by atoms with van der Waals surface area (Å²) in [5.41, 5.74) is 1.05. The smallest absolute Gasteiger partial charge is 0.241 e. The lowest BCUT2D eigenvalue weighted by molar-refractivity contribution is -0.139. The van der Waals surface area contributed by atoms with Crippen LogP contribution in [-0.2, 0) is 14.8 Å². The SMILES string of the molecule is Cc1c(F)cccc1C1[C@@H](C(=O)c2cccc(O)c2)CN([C@@H](CNS(C)(=O)=O)C(=O)N2CCN(C)CC2)C[C@@H]1C(=O)c1cccc(O)c1. The Labute approximate surface area is 280 Å². The highest BCUT2D eigenvalue weighted by molar-refractivity contribution is 7.88. The molecule has 3 aromatic rings. The number of rotatable bonds is 10. The van der Waals surface area contributed by atoms with Crippen molar-refractivity contribution in [3.05, 3.63) is 94.8 Å². The van der Waals surface area contributed by atoms with Crippen LogP contribution in [0, 0.1) is 24.6 Å². The number of hydrogen-bond donors (Lipinski definition) is 3. The Morgan fingerprint density at radius 2 is 1.40 bits per heavy atom. The number of aromatic hydroxyl groups is 2. The van der Waals surface area contributed by atoms with E-state index in [0.29, 0.717) is 31.7 Å². The van der Waals surface area contributed by atoms with Gasteiger partial charge in [0.1, 0.15) is 23.4 Å². The third-order valence-electron chi connectivity index (χ3n) is 9.41. The monoisotopic (exact) mass is 680 g/mol. The number of Topliss-reactive ketones (excluding diaryl/α,β-unsaturated/α-hetero) is 2. The summed E-state index contributed by atoms with van der Waals surface area (Å²) in [6, 6.07) is 15.1. The molecule has 0 radical (unpaired) electrons. The Balaban J connectivity index is 1.66. The van der Waals surface area contributed by atoms with E-state index < -0.39 is 51.2 Å². The summed E-state index contributed by atoms with van der Waals surface area (Å²) in [5, 5.41) is 20.5. The summed E-state index contributed by atoms with van der Waals surface area (Å²) in [6.45, 7) is 3.24. The summed E-state index contributed by atoms with van der Waals surface area (Å²) >= 11 is 0. The Kier molecular flexibility index (Phi) is 10.6. The van der Waals surface area contributed by atoms with Crippen LogP contribution in [0.3, 0.4) is 0 Å². The number of phenols is 2. The standard InChI is InChI=1S/C35H41FN4O7S/c1-22-27(11-6-12-30(22)36)32-28(33(43)23-7-4-9-25(41)17-23)20-40(21-29(32)34(44)24-8-5-10-26(42)18-24)31(19-37-48(3,46)47)35(45)39-15-13-38(2)14-16-39/h4-12,17-18,28-29,31-32,37,41-42H,13-16,19-21H2,1-3H3/t28-,29-,31-/m0/s1. The van der Waals surface area contributed by atoms with Crippen LogP contribution in [0.1, 0.15) is 37.8 Å². The van der Waals surface area contributed by atoms with Crippen LogP contribution in [0.5, 0.6) is 11.5 Å². The average Bonchev–Trinajstić information content (AvgIpc) is 3.05. The number of carbonyl (C=O) groups excluding carboxylic acids is 3. The molecule has 13 heteroatoms. The first-order chi connectivity index (χ1) is 22.7. The fourth-order valence-electron chi connectivity index (χ4n) is 6.84. The molecule has 2 fully saturated rings. The average molecular weight is 681 g/mol. The van der Waals surface area contributed by atoms with E-state index in [2.05, 4.69) is 9.62 Å². The molecule has 48 heavy (non-hydrogen) atoms. The second-order valence-corrected chi connectivity index (χ2v) is 14.6. The largest absolute Gasteiger partial charge is 0.508 e. The van der Waals surface area contributed by atoms with Gasteiger partial charge >= 0.3 is 0 Å². The van der Waals surface area contributed by atoms with Crippen LogP contribution in [0.2, 0.25) is 0 Å². The van der Waals surface area contributed by atoms with E-state index in [1.165, 1.54) is 48.5 Å². The van der Waals surface area contributed by atoms with Crippen LogP contribution < -0.4 is 4.72 Å². The molecular formula is C35H41FN4O7S. The minimum absolute atomic E-state index is 0.0610. The zero-order chi connectivity index (χ0) is 34.7. The molecule has 0 aromatic heterocycles. The highest BCUT2D eigenvalue weighted by atomic mass is 32.2. The van der Waals surface area contributed by atoms with Crippen molar-refractivity contribution in [2.45, 2.75) is 18.9 Å². The Morgan fingerprint density at radius 3 is 1.90 bits per heavy atom. The second-order valence-electron chi connectivity index (χ2n) is 12.7. The van der Waals surface area contributed by atoms with E-state index in [-0.39, 0.29) is 53.7 Å². The Bertz CT molecular complexity index is 1730. The lowest BCUT2D eigenvalue weighted by Crippen LogP contribution is -2.62. The van der Waals surface area contributed by atoms with E-state index in [9.17, 15) is 33.0 Å². The summed E-state index contributed by atoms with van der Waals surface area (Å²) in [4.78, 5) is 48.6. The van der Waals surface area contributed by atoms with Crippen molar-refractivity contribution in [1.29, 1.82) is 0 Å². The number of carbonyl (C=O) groups is 3. The molecule has 2 saturated heterocycles. The van der Waals surface area contributed by atoms with Gasteiger partial charge in [0.05, 0.1) is 6.26 Å². The highest BCUT2D eigenvalue weighted by Gasteiger charge is 2.48. The Morgan fingerprint density at radius 1 is 0.875 bits per heavy atom. The molecule has 3 atom stereocenters. The summed E-state index contributed by atoms with van der Waals surface area (Å²) in [5.74, 6) is -4.90. The maximum Gasteiger partial charge on any atom is 0.241 e. The molecule has 0 unspecified atom stereocenters. The van der Waals surface area contributed by atoms with Gasteiger partial charge in [-0.05, 0) is 55.4 Å². The molecule has 11 nitrogen and oxygen atoms in total. The molecule has 3 N–H and O–H groups in total. The lowest BCUT2D eigenvalue weighted by Gasteiger charge is -2.47. The van der Waals surface area contributed by atoms with Crippen molar-refractivity contribution in [2.24, 2.45) is 11.8 Å². The van der Waals surface area contributed by atoms with Crippen LogP contribution >= 0.6 is 0 Å². The van der Waals surface area contributed by atoms with Crippen LogP contribution in [0.15, 0.2) is 66.7 Å². The molecule has 3 aromatic carbocycles. The predicted octanol–water partition coefficient (Wildman–Crippen LogP) is 2.63.